The maximum absolute atomic E-state index is 15.8. The van der Waals surface area contributed by atoms with Gasteiger partial charge >= 0.3 is 12.1 Å². The molecule has 3 aromatic carbocycles. The first-order chi connectivity index (χ1) is 21.7. The lowest BCUT2D eigenvalue weighted by Gasteiger charge is -2.26. The number of carboxylic acids is 1. The summed E-state index contributed by atoms with van der Waals surface area (Å²) in [5.41, 5.74) is -1.16. The van der Waals surface area contributed by atoms with Gasteiger partial charge in [-0.3, -0.25) is 19.0 Å². The smallest absolute Gasteiger partial charge is 0.416 e. The van der Waals surface area contributed by atoms with Crippen molar-refractivity contribution >= 4 is 11.9 Å². The zero-order valence-electron chi connectivity index (χ0n) is 24.7. The molecule has 0 saturated carbocycles. The predicted molar refractivity (Wildman–Crippen MR) is 156 cm³/mol. The van der Waals surface area contributed by atoms with Crippen LogP contribution in [-0.4, -0.2) is 28.7 Å². The number of rotatable bonds is 4. The van der Waals surface area contributed by atoms with Crippen LogP contribution in [-0.2, 0) is 22.4 Å². The zero-order valence-corrected chi connectivity index (χ0v) is 24.7. The van der Waals surface area contributed by atoms with E-state index in [2.05, 4.69) is 5.32 Å². The van der Waals surface area contributed by atoms with Gasteiger partial charge in [-0.05, 0) is 72.5 Å². The van der Waals surface area contributed by atoms with Crippen molar-refractivity contribution in [2.24, 2.45) is 0 Å². The average molecular weight is 643 g/mol. The number of alkyl halides is 3. The van der Waals surface area contributed by atoms with Crippen LogP contribution in [0, 0.1) is 25.5 Å². The van der Waals surface area contributed by atoms with Crippen LogP contribution < -0.4 is 20.3 Å². The van der Waals surface area contributed by atoms with Crippen molar-refractivity contribution < 1.29 is 46.1 Å². The highest BCUT2D eigenvalue weighted by Crippen LogP contribution is 2.40. The summed E-state index contributed by atoms with van der Waals surface area (Å²) >= 11 is 0. The molecule has 5 rings (SSSR count). The third-order valence-electron chi connectivity index (χ3n) is 7.70. The fraction of sp³-hybridized carbons (Fsp3) is 0.242. The van der Waals surface area contributed by atoms with Gasteiger partial charge in [-0.25, -0.2) is 8.78 Å². The Hall–Kier alpha value is -5.20. The van der Waals surface area contributed by atoms with Gasteiger partial charge in [0.15, 0.2) is 0 Å². The molecule has 0 unspecified atom stereocenters. The molecule has 2 atom stereocenters. The van der Waals surface area contributed by atoms with Crippen LogP contribution in [0.25, 0.3) is 11.1 Å². The number of carbonyl (C=O) groups excluding carboxylic acids is 1. The number of nitrogens with zero attached hydrogens (tertiary/aromatic N) is 1. The van der Waals surface area contributed by atoms with Gasteiger partial charge in [-0.15, -0.1) is 0 Å². The van der Waals surface area contributed by atoms with E-state index in [4.69, 9.17) is 9.47 Å². The highest BCUT2D eigenvalue weighted by atomic mass is 19.4. The Morgan fingerprint density at radius 3 is 2.41 bits per heavy atom. The lowest BCUT2D eigenvalue weighted by atomic mass is 9.91. The summed E-state index contributed by atoms with van der Waals surface area (Å²) in [7, 11) is 1.46. The first kappa shape index (κ1) is 32.2. The minimum absolute atomic E-state index is 0.108. The van der Waals surface area contributed by atoms with Crippen molar-refractivity contribution in [3.05, 3.63) is 116 Å². The maximum atomic E-state index is 15.8. The van der Waals surface area contributed by atoms with Crippen LogP contribution in [0.3, 0.4) is 0 Å². The van der Waals surface area contributed by atoms with Crippen LogP contribution in [0.2, 0.25) is 0 Å². The fourth-order valence-electron chi connectivity index (χ4n) is 5.53. The molecule has 8 nitrogen and oxygen atoms in total. The van der Waals surface area contributed by atoms with Crippen LogP contribution in [0.15, 0.2) is 65.6 Å². The molecule has 1 aliphatic rings. The Kier molecular flexibility index (Phi) is 8.61. The number of pyridine rings is 1. The van der Waals surface area contributed by atoms with Crippen molar-refractivity contribution in [3.8, 4) is 22.6 Å². The summed E-state index contributed by atoms with van der Waals surface area (Å²) in [5, 5.41) is 12.2. The van der Waals surface area contributed by atoms with Crippen LogP contribution in [0.5, 0.6) is 11.5 Å². The molecule has 1 amide bonds. The van der Waals surface area contributed by atoms with Gasteiger partial charge in [0.25, 0.3) is 5.56 Å². The number of fused-ring (bicyclic) bond motifs is 6. The summed E-state index contributed by atoms with van der Waals surface area (Å²) in [5.74, 6) is -3.66. The number of aliphatic carboxylic acids is 1. The SMILES string of the molecule is COc1cc(C)c2c(c1)OCc1ccc(F)c(c1)[C@H](n1ccc(C(F)(F)F)cc1=O)C(=O)N[C@@H](CC(=O)O)c1cc-2cc(C)c1F. The lowest BCUT2D eigenvalue weighted by molar-refractivity contribution is -0.138. The Labute approximate surface area is 259 Å². The third-order valence-corrected chi connectivity index (χ3v) is 7.70. The zero-order chi connectivity index (χ0) is 33.5. The first-order valence-corrected chi connectivity index (χ1v) is 13.9. The number of nitrogens with one attached hydrogen (secondary N) is 1. The molecule has 0 saturated heterocycles. The summed E-state index contributed by atoms with van der Waals surface area (Å²) in [6, 6.07) is 7.16. The van der Waals surface area contributed by atoms with E-state index >= 15 is 8.78 Å². The van der Waals surface area contributed by atoms with Crippen LogP contribution in [0.1, 0.15) is 51.9 Å². The number of benzene rings is 3. The van der Waals surface area contributed by atoms with Gasteiger partial charge in [0.1, 0.15) is 35.8 Å². The number of hydrogen-bond acceptors (Lipinski definition) is 5. The molecule has 1 aliphatic heterocycles. The maximum Gasteiger partial charge on any atom is 0.416 e. The fourth-order valence-corrected chi connectivity index (χ4v) is 5.53. The molecule has 0 fully saturated rings. The van der Waals surface area contributed by atoms with E-state index in [9.17, 15) is 32.7 Å². The van der Waals surface area contributed by atoms with Crippen molar-refractivity contribution in [3.63, 3.8) is 0 Å². The molecular weight excluding hydrogens is 615 g/mol. The van der Waals surface area contributed by atoms with Crippen molar-refractivity contribution in [1.29, 1.82) is 0 Å². The quantitative estimate of drug-likeness (QED) is 0.255. The second-order valence-corrected chi connectivity index (χ2v) is 10.9. The highest BCUT2D eigenvalue weighted by Gasteiger charge is 2.35. The van der Waals surface area contributed by atoms with E-state index in [1.807, 2.05) is 0 Å². The topological polar surface area (TPSA) is 107 Å². The predicted octanol–water partition coefficient (Wildman–Crippen LogP) is 6.25. The van der Waals surface area contributed by atoms with E-state index in [1.54, 1.807) is 19.1 Å². The van der Waals surface area contributed by atoms with Gasteiger partial charge in [0, 0.05) is 35.0 Å². The van der Waals surface area contributed by atoms with E-state index in [0.29, 0.717) is 50.6 Å². The van der Waals surface area contributed by atoms with Crippen LogP contribution in [0.4, 0.5) is 22.0 Å². The van der Waals surface area contributed by atoms with Gasteiger partial charge in [-0.1, -0.05) is 6.07 Å². The molecular formula is C33H27F5N2O6. The largest absolute Gasteiger partial charge is 0.497 e. The Balaban J connectivity index is 1.79. The Bertz CT molecular complexity index is 1920. The highest BCUT2D eigenvalue weighted by molar-refractivity contribution is 5.85. The molecule has 2 N–H and O–H groups in total. The number of methoxy groups -OCH3 is 1. The van der Waals surface area contributed by atoms with Gasteiger partial charge in [-0.2, -0.15) is 13.2 Å². The second-order valence-electron chi connectivity index (χ2n) is 10.9. The van der Waals surface area contributed by atoms with Crippen LogP contribution >= 0.6 is 0 Å². The number of carbonyl (C=O) groups is 2. The molecule has 1 aromatic heterocycles. The number of aryl methyl sites for hydroxylation is 2. The molecule has 4 aromatic rings. The number of amides is 1. The monoisotopic (exact) mass is 642 g/mol. The molecule has 0 radical (unpaired) electrons. The summed E-state index contributed by atoms with van der Waals surface area (Å²) in [6.45, 7) is 3.04. The third kappa shape index (κ3) is 6.30. The average Bonchev–Trinajstić information content (AvgIpc) is 2.97. The summed E-state index contributed by atoms with van der Waals surface area (Å²) < 4.78 is 83.5. The number of carboxylic acid groups (broad SMARTS) is 1. The number of hydrogen-bond donors (Lipinski definition) is 2. The minimum Gasteiger partial charge on any atom is -0.497 e. The molecule has 46 heavy (non-hydrogen) atoms. The summed E-state index contributed by atoms with van der Waals surface area (Å²) in [4.78, 5) is 38.9. The first-order valence-electron chi connectivity index (χ1n) is 13.9. The number of halogens is 5. The molecule has 0 spiro atoms. The van der Waals surface area contributed by atoms with Gasteiger partial charge in [0.2, 0.25) is 5.91 Å². The normalized spacial score (nSPS) is 16.5. The standard InChI is InChI=1S/C33H27F5N2O6/c1-16-9-21(45-3)13-26-29(16)19-8-17(2)30(35)23(11-19)25(14-28(42)43)39-32(44)31(22-10-18(15-46-26)4-5-24(22)34)40-7-6-20(12-27(40)41)33(36,37)38/h4-13,25,31H,14-15H2,1-3H3,(H,39,44)(H,42,43)/t25-,31-/m0/s1. The van der Waals surface area contributed by atoms with Crippen molar-refractivity contribution in [1.82, 2.24) is 9.88 Å². The lowest BCUT2D eigenvalue weighted by Crippen LogP contribution is -2.41. The van der Waals surface area contributed by atoms with E-state index in [1.165, 1.54) is 38.3 Å². The Morgan fingerprint density at radius 1 is 1.02 bits per heavy atom. The Morgan fingerprint density at radius 2 is 1.76 bits per heavy atom. The minimum atomic E-state index is -4.88. The van der Waals surface area contributed by atoms with Crippen molar-refractivity contribution in [2.45, 2.75) is 45.1 Å². The van der Waals surface area contributed by atoms with E-state index < -0.39 is 64.9 Å². The molecule has 13 heteroatoms. The molecule has 240 valence electrons. The summed E-state index contributed by atoms with van der Waals surface area (Å²) in [6.07, 6.45) is -5.01. The number of aromatic nitrogens is 1. The molecule has 2 heterocycles. The van der Waals surface area contributed by atoms with Crippen molar-refractivity contribution in [2.75, 3.05) is 7.11 Å². The van der Waals surface area contributed by atoms with Gasteiger partial charge < -0.3 is 19.9 Å². The van der Waals surface area contributed by atoms with E-state index in [-0.39, 0.29) is 23.8 Å². The van der Waals surface area contributed by atoms with E-state index in [0.717, 1.165) is 6.07 Å². The molecule has 4 bridgehead atoms. The molecule has 0 aliphatic carbocycles. The van der Waals surface area contributed by atoms with Gasteiger partial charge in [0.05, 0.1) is 25.1 Å². The second kappa shape index (κ2) is 12.3. The number of ether oxygens (including phenoxy) is 2.